The van der Waals surface area contributed by atoms with Crippen molar-refractivity contribution in [2.24, 2.45) is 0 Å². The fraction of sp³-hybridized carbons (Fsp3) is 0.348. The highest BCUT2D eigenvalue weighted by molar-refractivity contribution is 6.22. The number of esters is 1. The number of hydrogen-bond donors (Lipinski definition) is 1. The highest BCUT2D eigenvalue weighted by atomic mass is 16.5. The number of amides is 2. The molecule has 0 saturated carbocycles. The Hall–Kier alpha value is -3.39. The molecule has 8 nitrogen and oxygen atoms in total. The second kappa shape index (κ2) is 8.77. The Labute approximate surface area is 180 Å². The average Bonchev–Trinajstić information content (AvgIpc) is 3.12. The molecule has 2 saturated heterocycles. The molecular weight excluding hydrogens is 398 g/mol. The number of quaternary nitrogens is 1. The van der Waals surface area contributed by atoms with Crippen molar-refractivity contribution >= 4 is 29.2 Å². The lowest BCUT2D eigenvalue weighted by atomic mass is 10.1. The van der Waals surface area contributed by atoms with Crippen LogP contribution in [0.3, 0.4) is 0 Å². The maximum Gasteiger partial charge on any atom is 0.337 e. The SMILES string of the molecule is COC(=O)c1ccc(N2C(=O)C[C@@H]([NH+]3CCN(c4ccc(OC)cc4)CC3)C2=O)cc1. The van der Waals surface area contributed by atoms with Crippen LogP contribution in [-0.2, 0) is 14.3 Å². The van der Waals surface area contributed by atoms with Gasteiger partial charge in [0.2, 0.25) is 5.91 Å². The lowest BCUT2D eigenvalue weighted by Crippen LogP contribution is -3.19. The van der Waals surface area contributed by atoms with Gasteiger partial charge in [-0.1, -0.05) is 0 Å². The summed E-state index contributed by atoms with van der Waals surface area (Å²) in [5.41, 5.74) is 1.99. The Kier molecular flexibility index (Phi) is 5.90. The van der Waals surface area contributed by atoms with Crippen LogP contribution in [0.15, 0.2) is 48.5 Å². The van der Waals surface area contributed by atoms with Gasteiger partial charge in [0.1, 0.15) is 5.75 Å². The molecule has 0 bridgehead atoms. The van der Waals surface area contributed by atoms with Crippen molar-refractivity contribution in [2.75, 3.05) is 50.2 Å². The molecule has 2 amide bonds. The molecule has 2 aliphatic heterocycles. The number of imide groups is 1. The van der Waals surface area contributed by atoms with E-state index in [0.29, 0.717) is 11.3 Å². The summed E-state index contributed by atoms with van der Waals surface area (Å²) in [4.78, 5) is 42.0. The number of rotatable bonds is 5. The number of hydrogen-bond acceptors (Lipinski definition) is 6. The van der Waals surface area contributed by atoms with Crippen molar-refractivity contribution in [2.45, 2.75) is 12.5 Å². The molecule has 1 N–H and O–H groups in total. The average molecular weight is 424 g/mol. The van der Waals surface area contributed by atoms with E-state index in [1.54, 1.807) is 31.4 Å². The zero-order valence-electron chi connectivity index (χ0n) is 17.7. The van der Waals surface area contributed by atoms with Crippen molar-refractivity contribution < 1.29 is 28.8 Å². The van der Waals surface area contributed by atoms with Crippen LogP contribution >= 0.6 is 0 Å². The van der Waals surface area contributed by atoms with Crippen LogP contribution in [0, 0.1) is 0 Å². The first-order valence-electron chi connectivity index (χ1n) is 10.3. The van der Waals surface area contributed by atoms with E-state index in [0.717, 1.165) is 42.5 Å². The van der Waals surface area contributed by atoms with Gasteiger partial charge in [-0.3, -0.25) is 9.59 Å². The molecule has 0 unspecified atom stereocenters. The third-order valence-electron chi connectivity index (χ3n) is 6.03. The maximum absolute atomic E-state index is 13.1. The molecule has 1 atom stereocenters. The topological polar surface area (TPSA) is 80.6 Å². The molecule has 0 aromatic heterocycles. The van der Waals surface area contributed by atoms with E-state index in [9.17, 15) is 14.4 Å². The van der Waals surface area contributed by atoms with Gasteiger partial charge in [0.05, 0.1) is 58.1 Å². The number of benzene rings is 2. The predicted molar refractivity (Wildman–Crippen MR) is 115 cm³/mol. The first kappa shape index (κ1) is 20.9. The van der Waals surface area contributed by atoms with E-state index < -0.39 is 5.97 Å². The number of carbonyl (C=O) groups excluding carboxylic acids is 3. The van der Waals surface area contributed by atoms with E-state index in [2.05, 4.69) is 4.90 Å². The van der Waals surface area contributed by atoms with Gasteiger partial charge in [0.15, 0.2) is 6.04 Å². The lowest BCUT2D eigenvalue weighted by Gasteiger charge is -2.35. The predicted octanol–water partition coefficient (Wildman–Crippen LogP) is 0.519. The van der Waals surface area contributed by atoms with E-state index in [1.807, 2.05) is 24.3 Å². The Bertz CT molecular complexity index is 966. The summed E-state index contributed by atoms with van der Waals surface area (Å²) in [5.74, 6) is -0.0138. The fourth-order valence-corrected chi connectivity index (χ4v) is 4.28. The minimum absolute atomic E-state index is 0.177. The molecule has 2 heterocycles. The first-order valence-corrected chi connectivity index (χ1v) is 10.3. The quantitative estimate of drug-likeness (QED) is 0.557. The van der Waals surface area contributed by atoms with Crippen molar-refractivity contribution in [1.29, 1.82) is 0 Å². The normalized spacial score (nSPS) is 19.6. The first-order chi connectivity index (χ1) is 15.0. The highest BCUT2D eigenvalue weighted by Crippen LogP contribution is 2.23. The van der Waals surface area contributed by atoms with Gasteiger partial charge in [-0.2, -0.15) is 0 Å². The smallest absolute Gasteiger partial charge is 0.337 e. The second-order valence-electron chi connectivity index (χ2n) is 7.71. The standard InChI is InChI=1S/C23H25N3O5/c1-30-19-9-7-17(8-10-19)24-11-13-25(14-12-24)20-15-21(27)26(22(20)28)18-5-3-16(4-6-18)23(29)31-2/h3-10,20H,11-15H2,1-2H3/p+1/t20-/m1/s1. The molecule has 31 heavy (non-hydrogen) atoms. The number of nitrogens with one attached hydrogen (secondary N) is 1. The third kappa shape index (κ3) is 4.11. The van der Waals surface area contributed by atoms with E-state index in [-0.39, 0.29) is 24.3 Å². The van der Waals surface area contributed by atoms with Crippen molar-refractivity contribution in [3.8, 4) is 5.75 Å². The van der Waals surface area contributed by atoms with Crippen LogP contribution in [0.5, 0.6) is 5.75 Å². The summed E-state index contributed by atoms with van der Waals surface area (Å²) < 4.78 is 9.91. The zero-order chi connectivity index (χ0) is 22.0. The minimum Gasteiger partial charge on any atom is -0.497 e. The molecular formula is C23H26N3O5+. The van der Waals surface area contributed by atoms with E-state index in [1.165, 1.54) is 12.0 Å². The lowest BCUT2D eigenvalue weighted by molar-refractivity contribution is -0.915. The molecule has 0 radical (unpaired) electrons. The Morgan fingerprint density at radius 3 is 2.13 bits per heavy atom. The number of carbonyl (C=O) groups is 3. The highest BCUT2D eigenvalue weighted by Gasteiger charge is 2.46. The summed E-state index contributed by atoms with van der Waals surface area (Å²) in [6.45, 7) is 3.19. The van der Waals surface area contributed by atoms with Gasteiger partial charge in [-0.15, -0.1) is 0 Å². The van der Waals surface area contributed by atoms with Crippen molar-refractivity contribution in [1.82, 2.24) is 0 Å². The van der Waals surface area contributed by atoms with Gasteiger partial charge in [-0.25, -0.2) is 9.69 Å². The van der Waals surface area contributed by atoms with Crippen LogP contribution in [-0.4, -0.2) is 64.2 Å². The number of piperazine rings is 1. The number of nitrogens with zero attached hydrogens (tertiary/aromatic N) is 2. The van der Waals surface area contributed by atoms with E-state index >= 15 is 0 Å². The van der Waals surface area contributed by atoms with Gasteiger partial charge in [0.25, 0.3) is 5.91 Å². The molecule has 2 aromatic carbocycles. The molecule has 4 rings (SSSR count). The maximum atomic E-state index is 13.1. The Balaban J connectivity index is 1.40. The zero-order valence-corrected chi connectivity index (χ0v) is 17.7. The summed E-state index contributed by atoms with van der Waals surface area (Å²) in [5, 5.41) is 0. The van der Waals surface area contributed by atoms with Crippen LogP contribution < -0.4 is 19.4 Å². The molecule has 8 heteroatoms. The third-order valence-corrected chi connectivity index (χ3v) is 6.03. The summed E-state index contributed by atoms with van der Waals surface area (Å²) >= 11 is 0. The number of ether oxygens (including phenoxy) is 2. The van der Waals surface area contributed by atoms with Crippen molar-refractivity contribution in [3.05, 3.63) is 54.1 Å². The molecule has 162 valence electrons. The summed E-state index contributed by atoms with van der Waals surface area (Å²) in [6.07, 6.45) is 0.204. The fourth-order valence-electron chi connectivity index (χ4n) is 4.28. The van der Waals surface area contributed by atoms with Crippen LogP contribution in [0.2, 0.25) is 0 Å². The Morgan fingerprint density at radius 2 is 1.55 bits per heavy atom. The summed E-state index contributed by atoms with van der Waals surface area (Å²) in [6, 6.07) is 13.9. The molecule has 0 spiro atoms. The second-order valence-corrected chi connectivity index (χ2v) is 7.71. The van der Waals surface area contributed by atoms with Crippen LogP contribution in [0.4, 0.5) is 11.4 Å². The van der Waals surface area contributed by atoms with Gasteiger partial charge in [-0.05, 0) is 48.5 Å². The molecule has 2 aliphatic rings. The molecule has 2 fully saturated rings. The number of anilines is 2. The summed E-state index contributed by atoms with van der Waals surface area (Å²) in [7, 11) is 2.96. The van der Waals surface area contributed by atoms with E-state index in [4.69, 9.17) is 9.47 Å². The monoisotopic (exact) mass is 424 g/mol. The van der Waals surface area contributed by atoms with Gasteiger partial charge < -0.3 is 19.3 Å². The number of methoxy groups -OCH3 is 2. The Morgan fingerprint density at radius 1 is 0.935 bits per heavy atom. The molecule has 2 aromatic rings. The molecule has 0 aliphatic carbocycles. The minimum atomic E-state index is -0.456. The van der Waals surface area contributed by atoms with Crippen LogP contribution in [0.1, 0.15) is 16.8 Å². The van der Waals surface area contributed by atoms with Gasteiger partial charge in [0, 0.05) is 5.69 Å². The van der Waals surface area contributed by atoms with Crippen molar-refractivity contribution in [3.63, 3.8) is 0 Å². The van der Waals surface area contributed by atoms with Crippen LogP contribution in [0.25, 0.3) is 0 Å². The largest absolute Gasteiger partial charge is 0.497 e. The van der Waals surface area contributed by atoms with Gasteiger partial charge >= 0.3 is 5.97 Å².